The zero-order valence-corrected chi connectivity index (χ0v) is 10.8. The van der Waals surface area contributed by atoms with E-state index in [0.717, 1.165) is 6.54 Å². The van der Waals surface area contributed by atoms with Gasteiger partial charge in [-0.2, -0.15) is 0 Å². The van der Waals surface area contributed by atoms with Crippen LogP contribution in [0.15, 0.2) is 24.5 Å². The monoisotopic (exact) mass is 235 g/mol. The lowest BCUT2D eigenvalue weighted by molar-refractivity contribution is -0.122. The highest BCUT2D eigenvalue weighted by molar-refractivity contribution is 5.76. The molecule has 17 heavy (non-hydrogen) atoms. The fraction of sp³-hybridized carbons (Fsp3) is 0.538. The number of hydrogen-bond donors (Lipinski definition) is 2. The first kappa shape index (κ1) is 13.6. The minimum Gasteiger partial charge on any atom is -0.351 e. The second-order valence-electron chi connectivity index (χ2n) is 5.08. The van der Waals surface area contributed by atoms with Crippen molar-refractivity contribution in [3.05, 3.63) is 30.1 Å². The zero-order valence-electron chi connectivity index (χ0n) is 10.8. The summed E-state index contributed by atoms with van der Waals surface area (Å²) < 4.78 is 0. The molecule has 0 saturated heterocycles. The molecule has 1 rings (SSSR count). The van der Waals surface area contributed by atoms with E-state index in [2.05, 4.69) is 15.6 Å². The topological polar surface area (TPSA) is 54.0 Å². The maximum Gasteiger partial charge on any atom is 0.221 e. The number of nitrogens with one attached hydrogen (secondary N) is 2. The standard InChI is InChI=1S/C13H21N3O/c1-13(2,3)16-12(17)6-9-15-10-11-4-7-14-8-5-11/h4-5,7-8,15H,6,9-10H2,1-3H3,(H,16,17). The molecule has 2 N–H and O–H groups in total. The predicted octanol–water partition coefficient (Wildman–Crippen LogP) is 1.48. The van der Waals surface area contributed by atoms with Crippen molar-refractivity contribution < 1.29 is 4.79 Å². The van der Waals surface area contributed by atoms with Crippen LogP contribution in [0.2, 0.25) is 0 Å². The fourth-order valence-electron chi connectivity index (χ4n) is 1.42. The first-order valence-electron chi connectivity index (χ1n) is 5.88. The molecule has 94 valence electrons. The summed E-state index contributed by atoms with van der Waals surface area (Å²) in [5.74, 6) is 0.0831. The Kier molecular flexibility index (Phi) is 5.10. The van der Waals surface area contributed by atoms with Gasteiger partial charge in [-0.1, -0.05) is 0 Å². The van der Waals surface area contributed by atoms with E-state index in [1.54, 1.807) is 12.4 Å². The molecule has 0 fully saturated rings. The Bertz CT molecular complexity index is 343. The minimum atomic E-state index is -0.151. The smallest absolute Gasteiger partial charge is 0.221 e. The average Bonchev–Trinajstić information content (AvgIpc) is 2.23. The van der Waals surface area contributed by atoms with Crippen LogP contribution in [0.25, 0.3) is 0 Å². The van der Waals surface area contributed by atoms with Crippen LogP contribution in [0.4, 0.5) is 0 Å². The summed E-state index contributed by atoms with van der Waals surface area (Å²) in [6.45, 7) is 7.40. The third kappa shape index (κ3) is 6.68. The highest BCUT2D eigenvalue weighted by Crippen LogP contribution is 1.99. The summed E-state index contributed by atoms with van der Waals surface area (Å²) in [6, 6.07) is 3.92. The number of carbonyl (C=O) groups excluding carboxylic acids is 1. The van der Waals surface area contributed by atoms with E-state index in [4.69, 9.17) is 0 Å². The van der Waals surface area contributed by atoms with Crippen molar-refractivity contribution in [1.29, 1.82) is 0 Å². The molecule has 1 aromatic heterocycles. The van der Waals surface area contributed by atoms with Crippen molar-refractivity contribution in [2.24, 2.45) is 0 Å². The molecule has 0 radical (unpaired) electrons. The molecule has 0 saturated carbocycles. The van der Waals surface area contributed by atoms with Gasteiger partial charge >= 0.3 is 0 Å². The van der Waals surface area contributed by atoms with Crippen LogP contribution >= 0.6 is 0 Å². The maximum atomic E-state index is 11.5. The summed E-state index contributed by atoms with van der Waals surface area (Å²) in [5, 5.41) is 6.16. The summed E-state index contributed by atoms with van der Waals surface area (Å²) in [4.78, 5) is 15.5. The first-order chi connectivity index (χ1) is 7.97. The van der Waals surface area contributed by atoms with Crippen molar-refractivity contribution in [2.75, 3.05) is 6.54 Å². The third-order valence-electron chi connectivity index (χ3n) is 2.12. The van der Waals surface area contributed by atoms with Gasteiger partial charge in [0.1, 0.15) is 0 Å². The van der Waals surface area contributed by atoms with E-state index in [1.165, 1.54) is 5.56 Å². The van der Waals surface area contributed by atoms with E-state index in [9.17, 15) is 4.79 Å². The Balaban J connectivity index is 2.14. The molecule has 0 spiro atoms. The van der Waals surface area contributed by atoms with Crippen molar-refractivity contribution in [3.8, 4) is 0 Å². The molecule has 0 unspecified atom stereocenters. The van der Waals surface area contributed by atoms with Gasteiger partial charge in [0.2, 0.25) is 5.91 Å². The largest absolute Gasteiger partial charge is 0.351 e. The van der Waals surface area contributed by atoms with Gasteiger partial charge < -0.3 is 10.6 Å². The van der Waals surface area contributed by atoms with Crippen molar-refractivity contribution in [1.82, 2.24) is 15.6 Å². The Hall–Kier alpha value is -1.42. The molecule has 0 aliphatic carbocycles. The summed E-state index contributed by atoms with van der Waals surface area (Å²) >= 11 is 0. The van der Waals surface area contributed by atoms with E-state index in [-0.39, 0.29) is 11.4 Å². The molecule has 1 amide bonds. The Morgan fingerprint density at radius 2 is 1.94 bits per heavy atom. The van der Waals surface area contributed by atoms with Crippen molar-refractivity contribution in [2.45, 2.75) is 39.3 Å². The fourth-order valence-corrected chi connectivity index (χ4v) is 1.42. The highest BCUT2D eigenvalue weighted by Gasteiger charge is 2.12. The number of amides is 1. The molecule has 0 bridgehead atoms. The van der Waals surface area contributed by atoms with E-state index < -0.39 is 0 Å². The number of pyridine rings is 1. The Morgan fingerprint density at radius 1 is 1.29 bits per heavy atom. The number of rotatable bonds is 5. The molecule has 0 aliphatic heterocycles. The Morgan fingerprint density at radius 3 is 2.53 bits per heavy atom. The maximum absolute atomic E-state index is 11.5. The average molecular weight is 235 g/mol. The van der Waals surface area contributed by atoms with Gasteiger partial charge in [0.25, 0.3) is 0 Å². The van der Waals surface area contributed by atoms with E-state index in [1.807, 2.05) is 32.9 Å². The van der Waals surface area contributed by atoms with Crippen LogP contribution in [-0.4, -0.2) is 23.0 Å². The SMILES string of the molecule is CC(C)(C)NC(=O)CCNCc1ccncc1. The van der Waals surface area contributed by atoms with Gasteiger partial charge in [0.05, 0.1) is 0 Å². The van der Waals surface area contributed by atoms with Crippen molar-refractivity contribution in [3.63, 3.8) is 0 Å². The third-order valence-corrected chi connectivity index (χ3v) is 2.12. The molecular formula is C13H21N3O. The highest BCUT2D eigenvalue weighted by atomic mass is 16.1. The van der Waals surface area contributed by atoms with Gasteiger partial charge in [-0.15, -0.1) is 0 Å². The summed E-state index contributed by atoms with van der Waals surface area (Å²) in [5.41, 5.74) is 1.03. The van der Waals surface area contributed by atoms with Crippen LogP contribution < -0.4 is 10.6 Å². The second-order valence-corrected chi connectivity index (χ2v) is 5.08. The van der Waals surface area contributed by atoms with Gasteiger partial charge in [0.15, 0.2) is 0 Å². The molecule has 4 heteroatoms. The summed E-state index contributed by atoms with van der Waals surface area (Å²) in [6.07, 6.45) is 4.04. The van der Waals surface area contributed by atoms with Crippen LogP contribution in [0.3, 0.4) is 0 Å². The summed E-state index contributed by atoms with van der Waals surface area (Å²) in [7, 11) is 0. The number of hydrogen-bond acceptors (Lipinski definition) is 3. The normalized spacial score (nSPS) is 11.2. The van der Waals surface area contributed by atoms with Gasteiger partial charge in [-0.3, -0.25) is 9.78 Å². The lowest BCUT2D eigenvalue weighted by atomic mass is 10.1. The van der Waals surface area contributed by atoms with Crippen LogP contribution in [-0.2, 0) is 11.3 Å². The van der Waals surface area contributed by atoms with Crippen LogP contribution in [0, 0.1) is 0 Å². The molecular weight excluding hydrogens is 214 g/mol. The second kappa shape index (κ2) is 6.35. The Labute approximate surface area is 103 Å². The molecule has 1 aromatic rings. The minimum absolute atomic E-state index is 0.0831. The zero-order chi connectivity index (χ0) is 12.7. The molecule has 0 atom stereocenters. The lowest BCUT2D eigenvalue weighted by Gasteiger charge is -2.20. The molecule has 0 aliphatic rings. The van der Waals surface area contributed by atoms with Crippen LogP contribution in [0.5, 0.6) is 0 Å². The number of carbonyl (C=O) groups is 1. The predicted molar refractivity (Wildman–Crippen MR) is 68.5 cm³/mol. The van der Waals surface area contributed by atoms with E-state index in [0.29, 0.717) is 13.0 Å². The number of nitrogens with zero attached hydrogens (tertiary/aromatic N) is 1. The number of aromatic nitrogens is 1. The molecule has 0 aromatic carbocycles. The van der Waals surface area contributed by atoms with E-state index >= 15 is 0 Å². The van der Waals surface area contributed by atoms with Crippen LogP contribution in [0.1, 0.15) is 32.8 Å². The van der Waals surface area contributed by atoms with Crippen molar-refractivity contribution >= 4 is 5.91 Å². The first-order valence-corrected chi connectivity index (χ1v) is 5.88. The molecule has 4 nitrogen and oxygen atoms in total. The quantitative estimate of drug-likeness (QED) is 0.760. The molecule has 1 heterocycles. The lowest BCUT2D eigenvalue weighted by Crippen LogP contribution is -2.41. The van der Waals surface area contributed by atoms with Gasteiger partial charge in [-0.25, -0.2) is 0 Å². The van der Waals surface area contributed by atoms with Gasteiger partial charge in [0, 0.05) is 37.4 Å². The van der Waals surface area contributed by atoms with Gasteiger partial charge in [-0.05, 0) is 38.5 Å².